The van der Waals surface area contributed by atoms with Crippen LogP contribution >= 0.6 is 0 Å². The standard InChI is InChI=1S/C15H19FN2/c1-11-2-5-14(6-3-11)18-10-13-8-12(9-17)4-7-15(13)16/h4,7-8,11,14,18H,2-3,5-6,10H2,1H3. The van der Waals surface area contributed by atoms with E-state index in [2.05, 4.69) is 12.2 Å². The molecule has 3 heteroatoms. The predicted octanol–water partition coefficient (Wildman–Crippen LogP) is 3.37. The van der Waals surface area contributed by atoms with E-state index in [1.807, 2.05) is 6.07 Å². The quantitative estimate of drug-likeness (QED) is 0.887. The van der Waals surface area contributed by atoms with Crippen LogP contribution in [-0.4, -0.2) is 6.04 Å². The minimum Gasteiger partial charge on any atom is -0.310 e. The Kier molecular flexibility index (Phi) is 4.33. The molecule has 2 rings (SSSR count). The average molecular weight is 246 g/mol. The highest BCUT2D eigenvalue weighted by Crippen LogP contribution is 2.23. The van der Waals surface area contributed by atoms with E-state index in [1.54, 1.807) is 6.07 Å². The average Bonchev–Trinajstić information content (AvgIpc) is 2.40. The Morgan fingerprint density at radius 1 is 1.33 bits per heavy atom. The lowest BCUT2D eigenvalue weighted by molar-refractivity contribution is 0.305. The fourth-order valence-electron chi connectivity index (χ4n) is 2.50. The van der Waals surface area contributed by atoms with Crippen LogP contribution < -0.4 is 5.32 Å². The molecule has 0 aliphatic heterocycles. The highest BCUT2D eigenvalue weighted by Gasteiger charge is 2.17. The molecule has 1 aliphatic rings. The molecule has 0 atom stereocenters. The van der Waals surface area contributed by atoms with E-state index in [1.165, 1.54) is 37.8 Å². The number of rotatable bonds is 3. The van der Waals surface area contributed by atoms with Crippen LogP contribution in [0.4, 0.5) is 4.39 Å². The molecular weight excluding hydrogens is 227 g/mol. The van der Waals surface area contributed by atoms with Gasteiger partial charge in [0.1, 0.15) is 5.82 Å². The number of hydrogen-bond donors (Lipinski definition) is 1. The molecule has 0 saturated heterocycles. The fourth-order valence-corrected chi connectivity index (χ4v) is 2.50. The maximum Gasteiger partial charge on any atom is 0.127 e. The van der Waals surface area contributed by atoms with Crippen LogP contribution in [0.2, 0.25) is 0 Å². The molecule has 96 valence electrons. The second kappa shape index (κ2) is 5.97. The Morgan fingerprint density at radius 3 is 2.72 bits per heavy atom. The van der Waals surface area contributed by atoms with Gasteiger partial charge >= 0.3 is 0 Å². The third kappa shape index (κ3) is 3.30. The van der Waals surface area contributed by atoms with Gasteiger partial charge in [0.15, 0.2) is 0 Å². The molecule has 1 N–H and O–H groups in total. The summed E-state index contributed by atoms with van der Waals surface area (Å²) in [6.45, 7) is 2.80. The number of nitrogens with one attached hydrogen (secondary N) is 1. The molecule has 18 heavy (non-hydrogen) atoms. The highest BCUT2D eigenvalue weighted by atomic mass is 19.1. The third-order valence-corrected chi connectivity index (χ3v) is 3.77. The topological polar surface area (TPSA) is 35.8 Å². The van der Waals surface area contributed by atoms with Gasteiger partial charge in [-0.3, -0.25) is 0 Å². The number of halogens is 1. The van der Waals surface area contributed by atoms with Crippen molar-refractivity contribution in [3.05, 3.63) is 35.1 Å². The van der Waals surface area contributed by atoms with E-state index in [-0.39, 0.29) is 5.82 Å². The zero-order valence-corrected chi connectivity index (χ0v) is 10.7. The second-order valence-corrected chi connectivity index (χ2v) is 5.26. The highest BCUT2D eigenvalue weighted by molar-refractivity contribution is 5.33. The summed E-state index contributed by atoms with van der Waals surface area (Å²) in [6.07, 6.45) is 4.83. The molecule has 0 amide bonds. The smallest absolute Gasteiger partial charge is 0.127 e. The SMILES string of the molecule is CC1CCC(NCc2cc(C#N)ccc2F)CC1. The van der Waals surface area contributed by atoms with E-state index >= 15 is 0 Å². The van der Waals surface area contributed by atoms with Crippen LogP contribution in [0, 0.1) is 23.1 Å². The molecule has 0 unspecified atom stereocenters. The minimum atomic E-state index is -0.231. The zero-order valence-electron chi connectivity index (χ0n) is 10.7. The van der Waals surface area contributed by atoms with Gasteiger partial charge in [0.25, 0.3) is 0 Å². The maximum atomic E-state index is 13.6. The van der Waals surface area contributed by atoms with Crippen molar-refractivity contribution in [2.45, 2.75) is 45.2 Å². The van der Waals surface area contributed by atoms with Gasteiger partial charge < -0.3 is 5.32 Å². The van der Waals surface area contributed by atoms with Gasteiger partial charge in [-0.1, -0.05) is 6.92 Å². The Bertz CT molecular complexity index is 442. The molecule has 0 heterocycles. The first kappa shape index (κ1) is 13.0. The van der Waals surface area contributed by atoms with Gasteiger partial charge in [-0.25, -0.2) is 4.39 Å². The Balaban J connectivity index is 1.92. The Morgan fingerprint density at radius 2 is 2.06 bits per heavy atom. The zero-order chi connectivity index (χ0) is 13.0. The van der Waals surface area contributed by atoms with Crippen molar-refractivity contribution in [2.24, 2.45) is 5.92 Å². The van der Waals surface area contributed by atoms with E-state index in [0.29, 0.717) is 23.7 Å². The summed E-state index contributed by atoms with van der Waals surface area (Å²) in [7, 11) is 0. The molecular formula is C15H19FN2. The summed E-state index contributed by atoms with van der Waals surface area (Å²) >= 11 is 0. The van der Waals surface area contributed by atoms with E-state index in [4.69, 9.17) is 5.26 Å². The lowest BCUT2D eigenvalue weighted by atomic mass is 9.87. The Labute approximate surface area is 108 Å². The molecule has 1 aromatic rings. The number of nitriles is 1. The van der Waals surface area contributed by atoms with Crippen LogP contribution in [-0.2, 0) is 6.54 Å². The first-order valence-corrected chi connectivity index (χ1v) is 6.61. The minimum absolute atomic E-state index is 0.231. The second-order valence-electron chi connectivity index (χ2n) is 5.26. The van der Waals surface area contributed by atoms with Crippen molar-refractivity contribution in [3.8, 4) is 6.07 Å². The summed E-state index contributed by atoms with van der Waals surface area (Å²) in [5.74, 6) is 0.590. The largest absolute Gasteiger partial charge is 0.310 e. The molecule has 0 aromatic heterocycles. The normalized spacial score (nSPS) is 23.6. The molecule has 1 aromatic carbocycles. The molecule has 0 spiro atoms. The van der Waals surface area contributed by atoms with Gasteiger partial charge in [-0.15, -0.1) is 0 Å². The number of benzene rings is 1. The first-order chi connectivity index (χ1) is 8.69. The molecule has 2 nitrogen and oxygen atoms in total. The summed E-state index contributed by atoms with van der Waals surface area (Å²) in [5, 5.41) is 12.2. The molecule has 1 saturated carbocycles. The van der Waals surface area contributed by atoms with Crippen molar-refractivity contribution >= 4 is 0 Å². The van der Waals surface area contributed by atoms with Gasteiger partial charge in [0.2, 0.25) is 0 Å². The number of nitrogens with zero attached hydrogens (tertiary/aromatic N) is 1. The van der Waals surface area contributed by atoms with Crippen LogP contribution in [0.1, 0.15) is 43.7 Å². The molecule has 0 bridgehead atoms. The lowest BCUT2D eigenvalue weighted by Gasteiger charge is -2.27. The first-order valence-electron chi connectivity index (χ1n) is 6.61. The van der Waals surface area contributed by atoms with Gasteiger partial charge in [-0.05, 0) is 49.8 Å². The van der Waals surface area contributed by atoms with Crippen molar-refractivity contribution in [3.63, 3.8) is 0 Å². The summed E-state index contributed by atoms with van der Waals surface area (Å²) in [5.41, 5.74) is 1.11. The van der Waals surface area contributed by atoms with Crippen molar-refractivity contribution in [1.82, 2.24) is 5.32 Å². The van der Waals surface area contributed by atoms with E-state index < -0.39 is 0 Å². The van der Waals surface area contributed by atoms with E-state index in [9.17, 15) is 4.39 Å². The third-order valence-electron chi connectivity index (χ3n) is 3.77. The van der Waals surface area contributed by atoms with E-state index in [0.717, 1.165) is 5.92 Å². The van der Waals surface area contributed by atoms with Gasteiger partial charge in [0.05, 0.1) is 11.6 Å². The fraction of sp³-hybridized carbons (Fsp3) is 0.533. The van der Waals surface area contributed by atoms with Crippen LogP contribution in [0.25, 0.3) is 0 Å². The molecule has 1 aliphatic carbocycles. The van der Waals surface area contributed by atoms with Crippen molar-refractivity contribution < 1.29 is 4.39 Å². The summed E-state index contributed by atoms with van der Waals surface area (Å²) < 4.78 is 13.6. The van der Waals surface area contributed by atoms with Crippen LogP contribution in [0.5, 0.6) is 0 Å². The molecule has 1 fully saturated rings. The summed E-state index contributed by atoms with van der Waals surface area (Å²) in [4.78, 5) is 0. The lowest BCUT2D eigenvalue weighted by Crippen LogP contribution is -2.32. The van der Waals surface area contributed by atoms with Crippen LogP contribution in [0.3, 0.4) is 0 Å². The Hall–Kier alpha value is -1.40. The van der Waals surface area contributed by atoms with Crippen molar-refractivity contribution in [2.75, 3.05) is 0 Å². The van der Waals surface area contributed by atoms with Gasteiger partial charge in [0, 0.05) is 18.2 Å². The van der Waals surface area contributed by atoms with Crippen molar-refractivity contribution in [1.29, 1.82) is 5.26 Å². The van der Waals surface area contributed by atoms with Crippen LogP contribution in [0.15, 0.2) is 18.2 Å². The number of hydrogen-bond acceptors (Lipinski definition) is 2. The predicted molar refractivity (Wildman–Crippen MR) is 69.4 cm³/mol. The summed E-state index contributed by atoms with van der Waals surface area (Å²) in [6, 6.07) is 7.06. The molecule has 0 radical (unpaired) electrons. The maximum absolute atomic E-state index is 13.6. The monoisotopic (exact) mass is 246 g/mol. The van der Waals surface area contributed by atoms with Gasteiger partial charge in [-0.2, -0.15) is 5.26 Å².